The minimum absolute atomic E-state index is 0.133. The van der Waals surface area contributed by atoms with Gasteiger partial charge in [-0.1, -0.05) is 42.5 Å². The number of benzene rings is 3. The van der Waals surface area contributed by atoms with Gasteiger partial charge in [-0.05, 0) is 59.3 Å². The molecule has 0 aliphatic carbocycles. The molecule has 7 heteroatoms. The van der Waals surface area contributed by atoms with E-state index >= 15 is 0 Å². The summed E-state index contributed by atoms with van der Waals surface area (Å²) in [5.41, 5.74) is -0.335. The average Bonchev–Trinajstić information content (AvgIpc) is 3.09. The summed E-state index contributed by atoms with van der Waals surface area (Å²) in [6.07, 6.45) is 3.55. The summed E-state index contributed by atoms with van der Waals surface area (Å²) in [6.45, 7) is 0. The van der Waals surface area contributed by atoms with Gasteiger partial charge < -0.3 is 10.1 Å². The van der Waals surface area contributed by atoms with E-state index in [0.717, 1.165) is 27.7 Å². The average molecular weight is 412 g/mol. The first-order valence-electron chi connectivity index (χ1n) is 8.69. The van der Waals surface area contributed by atoms with Gasteiger partial charge in [-0.15, -0.1) is 0 Å². The van der Waals surface area contributed by atoms with Gasteiger partial charge in [-0.3, -0.25) is 0 Å². The molecule has 0 radical (unpaired) electrons. The fraction of sp³-hybridized carbons (Fsp3) is 0.0455. The second kappa shape index (κ2) is 7.67. The van der Waals surface area contributed by atoms with E-state index in [4.69, 9.17) is 0 Å². The van der Waals surface area contributed by atoms with Gasteiger partial charge >= 0.3 is 5.51 Å². The van der Waals surface area contributed by atoms with Crippen LogP contribution in [-0.4, -0.2) is 20.6 Å². The molecule has 0 bridgehead atoms. The molecule has 0 spiro atoms. The van der Waals surface area contributed by atoms with Crippen LogP contribution in [0.5, 0.6) is 5.75 Å². The molecule has 0 aliphatic rings. The van der Waals surface area contributed by atoms with Crippen molar-refractivity contribution >= 4 is 34.9 Å². The topological polar surface area (TPSA) is 48.9 Å². The Morgan fingerprint density at radius 1 is 0.931 bits per heavy atom. The SMILES string of the molecule is Oc1ccccc1-c1ccc2[nH]c(/C=C/c3ccc(SC(F)(F)F)cc3)nc2c1. The third-order valence-electron chi connectivity index (χ3n) is 4.26. The highest BCUT2D eigenvalue weighted by atomic mass is 32.2. The lowest BCUT2D eigenvalue weighted by molar-refractivity contribution is -0.0328. The lowest BCUT2D eigenvalue weighted by atomic mass is 10.0. The number of alkyl halides is 3. The van der Waals surface area contributed by atoms with E-state index < -0.39 is 5.51 Å². The number of fused-ring (bicyclic) bond motifs is 1. The molecular formula is C22H15F3N2OS. The molecule has 3 aromatic carbocycles. The smallest absolute Gasteiger partial charge is 0.446 e. The van der Waals surface area contributed by atoms with E-state index in [2.05, 4.69) is 9.97 Å². The number of hydrogen-bond donors (Lipinski definition) is 2. The van der Waals surface area contributed by atoms with Crippen LogP contribution >= 0.6 is 11.8 Å². The van der Waals surface area contributed by atoms with E-state index in [0.29, 0.717) is 5.82 Å². The number of nitrogens with zero attached hydrogens (tertiary/aromatic N) is 1. The van der Waals surface area contributed by atoms with E-state index in [-0.39, 0.29) is 22.4 Å². The summed E-state index contributed by atoms with van der Waals surface area (Å²) in [6, 6.07) is 18.9. The first-order valence-corrected chi connectivity index (χ1v) is 9.51. The van der Waals surface area contributed by atoms with Crippen LogP contribution < -0.4 is 0 Å². The Balaban J connectivity index is 1.55. The molecule has 0 aliphatic heterocycles. The van der Waals surface area contributed by atoms with Crippen LogP contribution in [0.15, 0.2) is 71.6 Å². The third-order valence-corrected chi connectivity index (χ3v) is 5.00. The van der Waals surface area contributed by atoms with Crippen molar-refractivity contribution in [3.63, 3.8) is 0 Å². The van der Waals surface area contributed by atoms with Crippen LogP contribution in [0.2, 0.25) is 0 Å². The number of para-hydroxylation sites is 1. The van der Waals surface area contributed by atoms with Gasteiger partial charge in [-0.25, -0.2) is 4.98 Å². The fourth-order valence-corrected chi connectivity index (χ4v) is 3.48. The Labute approximate surface area is 168 Å². The number of rotatable bonds is 4. The number of halogens is 3. The monoisotopic (exact) mass is 412 g/mol. The summed E-state index contributed by atoms with van der Waals surface area (Å²) in [4.78, 5) is 7.87. The van der Waals surface area contributed by atoms with Gasteiger partial charge in [0.15, 0.2) is 0 Å². The number of aromatic amines is 1. The molecule has 2 N–H and O–H groups in total. The Hall–Kier alpha value is -3.19. The summed E-state index contributed by atoms with van der Waals surface area (Å²) in [5.74, 6) is 0.831. The number of aromatic hydroxyl groups is 1. The maximum atomic E-state index is 12.4. The maximum Gasteiger partial charge on any atom is 0.446 e. The zero-order chi connectivity index (χ0) is 20.4. The molecular weight excluding hydrogens is 397 g/mol. The molecule has 0 unspecified atom stereocenters. The van der Waals surface area contributed by atoms with Gasteiger partial charge in [0, 0.05) is 10.5 Å². The molecule has 0 atom stereocenters. The lowest BCUT2D eigenvalue weighted by Crippen LogP contribution is -1.98. The highest BCUT2D eigenvalue weighted by Gasteiger charge is 2.28. The first-order chi connectivity index (χ1) is 13.9. The Kier molecular flexibility index (Phi) is 5.07. The zero-order valence-corrected chi connectivity index (χ0v) is 15.8. The molecule has 0 fully saturated rings. The van der Waals surface area contributed by atoms with Crippen molar-refractivity contribution in [3.8, 4) is 16.9 Å². The molecule has 4 aromatic rings. The molecule has 4 rings (SSSR count). The quantitative estimate of drug-likeness (QED) is 0.366. The number of thioether (sulfide) groups is 1. The van der Waals surface area contributed by atoms with Crippen molar-refractivity contribution in [2.75, 3.05) is 0 Å². The van der Waals surface area contributed by atoms with Gasteiger partial charge in [-0.2, -0.15) is 13.2 Å². The summed E-state index contributed by atoms with van der Waals surface area (Å²) in [7, 11) is 0. The van der Waals surface area contributed by atoms with Crippen LogP contribution in [0, 0.1) is 0 Å². The van der Waals surface area contributed by atoms with Crippen molar-refractivity contribution in [1.82, 2.24) is 9.97 Å². The molecule has 29 heavy (non-hydrogen) atoms. The summed E-state index contributed by atoms with van der Waals surface area (Å²) in [5, 5.41) is 10.0. The van der Waals surface area contributed by atoms with Gasteiger partial charge in [0.1, 0.15) is 11.6 Å². The second-order valence-corrected chi connectivity index (χ2v) is 7.46. The van der Waals surface area contributed by atoms with Crippen LogP contribution in [0.3, 0.4) is 0 Å². The largest absolute Gasteiger partial charge is 0.507 e. The van der Waals surface area contributed by atoms with E-state index in [1.165, 1.54) is 12.1 Å². The van der Waals surface area contributed by atoms with Crippen molar-refractivity contribution in [1.29, 1.82) is 0 Å². The van der Waals surface area contributed by atoms with E-state index in [1.807, 2.05) is 30.3 Å². The van der Waals surface area contributed by atoms with Gasteiger partial charge in [0.25, 0.3) is 0 Å². The number of H-pyrrole nitrogens is 1. The Morgan fingerprint density at radius 3 is 2.41 bits per heavy atom. The number of nitrogens with one attached hydrogen (secondary N) is 1. The molecule has 0 amide bonds. The highest BCUT2D eigenvalue weighted by molar-refractivity contribution is 8.00. The number of phenolic OH excluding ortho intramolecular Hbond substituents is 1. The van der Waals surface area contributed by atoms with Gasteiger partial charge in [0.2, 0.25) is 0 Å². The summed E-state index contributed by atoms with van der Waals surface area (Å²) >= 11 is -0.133. The third kappa shape index (κ3) is 4.63. The van der Waals surface area contributed by atoms with Crippen LogP contribution in [0.4, 0.5) is 13.2 Å². The first kappa shape index (κ1) is 19.1. The molecule has 1 aromatic heterocycles. The number of phenols is 1. The Bertz CT molecular complexity index is 1180. The second-order valence-electron chi connectivity index (χ2n) is 6.32. The number of hydrogen-bond acceptors (Lipinski definition) is 3. The molecule has 0 saturated heterocycles. The van der Waals surface area contributed by atoms with Crippen molar-refractivity contribution in [2.45, 2.75) is 10.4 Å². The fourth-order valence-electron chi connectivity index (χ4n) is 2.95. The van der Waals surface area contributed by atoms with Crippen LogP contribution in [0.25, 0.3) is 34.3 Å². The normalized spacial score (nSPS) is 12.1. The van der Waals surface area contributed by atoms with Crippen LogP contribution in [0.1, 0.15) is 11.4 Å². The minimum atomic E-state index is -4.29. The van der Waals surface area contributed by atoms with E-state index in [1.54, 1.807) is 36.4 Å². The van der Waals surface area contributed by atoms with Crippen molar-refractivity contribution in [2.24, 2.45) is 0 Å². The number of imidazole rings is 1. The molecule has 146 valence electrons. The number of aromatic nitrogens is 2. The van der Waals surface area contributed by atoms with Gasteiger partial charge in [0.05, 0.1) is 11.0 Å². The zero-order valence-electron chi connectivity index (χ0n) is 14.9. The summed E-state index contributed by atoms with van der Waals surface area (Å²) < 4.78 is 37.2. The van der Waals surface area contributed by atoms with Crippen molar-refractivity contribution in [3.05, 3.63) is 78.1 Å². The standard InChI is InChI=1S/C22H15F3N2OS/c23-22(24,25)29-16-9-5-14(6-10-16)7-12-21-26-18-11-8-15(13-19(18)27-21)17-3-1-2-4-20(17)28/h1-13,28H,(H,26,27)/b12-7+. The minimum Gasteiger partial charge on any atom is -0.507 e. The van der Waals surface area contributed by atoms with Crippen molar-refractivity contribution < 1.29 is 18.3 Å². The highest BCUT2D eigenvalue weighted by Crippen LogP contribution is 2.36. The molecule has 0 saturated carbocycles. The maximum absolute atomic E-state index is 12.4. The predicted molar refractivity (Wildman–Crippen MR) is 110 cm³/mol. The van der Waals surface area contributed by atoms with E-state index in [9.17, 15) is 18.3 Å². The molecule has 1 heterocycles. The Morgan fingerprint density at radius 2 is 1.69 bits per heavy atom. The lowest BCUT2D eigenvalue weighted by Gasteiger charge is -2.05. The molecule has 3 nitrogen and oxygen atoms in total. The predicted octanol–water partition coefficient (Wildman–Crippen LogP) is 6.72. The van der Waals surface area contributed by atoms with Crippen LogP contribution in [-0.2, 0) is 0 Å².